The quantitative estimate of drug-likeness (QED) is 0.697. The largest absolute Gasteiger partial charge is 0.465 e. The van der Waals surface area contributed by atoms with Gasteiger partial charge in [-0.2, -0.15) is 0 Å². The summed E-state index contributed by atoms with van der Waals surface area (Å²) in [5.74, 6) is -4.37. The molecule has 0 aliphatic rings. The second-order valence-corrected chi connectivity index (χ2v) is 4.04. The highest BCUT2D eigenvalue weighted by Gasteiger charge is 2.17. The van der Waals surface area contributed by atoms with Crippen molar-refractivity contribution in [3.05, 3.63) is 53.3 Å². The minimum absolute atomic E-state index is 0.147. The normalized spacial score (nSPS) is 10.3. The van der Waals surface area contributed by atoms with Gasteiger partial charge in [-0.25, -0.2) is 18.0 Å². The molecule has 0 bridgehead atoms. The van der Waals surface area contributed by atoms with Gasteiger partial charge in [0.25, 0.3) is 0 Å². The maximum absolute atomic E-state index is 13.7. The molecule has 4 nitrogen and oxygen atoms in total. The molecule has 0 saturated heterocycles. The van der Waals surface area contributed by atoms with Crippen molar-refractivity contribution < 1.29 is 27.4 Å². The van der Waals surface area contributed by atoms with Crippen LogP contribution in [-0.2, 0) is 4.74 Å². The number of hydrogen-bond donors (Lipinski definition) is 1. The fourth-order valence-corrected chi connectivity index (χ4v) is 1.61. The van der Waals surface area contributed by atoms with Crippen LogP contribution in [0.5, 0.6) is 11.5 Å². The van der Waals surface area contributed by atoms with E-state index in [9.17, 15) is 18.0 Å². The first-order valence-electron chi connectivity index (χ1n) is 5.72. The maximum atomic E-state index is 13.7. The van der Waals surface area contributed by atoms with Crippen LogP contribution in [0.3, 0.4) is 0 Å². The molecule has 2 rings (SSSR count). The lowest BCUT2D eigenvalue weighted by molar-refractivity contribution is 0.0601. The summed E-state index contributed by atoms with van der Waals surface area (Å²) in [6, 6.07) is 4.27. The number of rotatable bonds is 3. The van der Waals surface area contributed by atoms with Gasteiger partial charge in [0.2, 0.25) is 0 Å². The second-order valence-electron chi connectivity index (χ2n) is 4.04. The van der Waals surface area contributed by atoms with Gasteiger partial charge in [-0.05, 0) is 12.1 Å². The first kappa shape index (κ1) is 14.7. The Hall–Kier alpha value is -2.70. The Balaban J connectivity index is 2.44. The molecule has 2 aromatic rings. The summed E-state index contributed by atoms with van der Waals surface area (Å²) < 4.78 is 49.7. The van der Waals surface area contributed by atoms with E-state index in [1.54, 1.807) is 0 Å². The van der Waals surface area contributed by atoms with Crippen molar-refractivity contribution >= 4 is 11.7 Å². The number of nitrogen functional groups attached to an aromatic ring is 1. The monoisotopic (exact) mass is 297 g/mol. The lowest BCUT2D eigenvalue weighted by atomic mass is 10.1. The predicted molar refractivity (Wildman–Crippen MR) is 68.6 cm³/mol. The van der Waals surface area contributed by atoms with E-state index in [1.807, 2.05) is 0 Å². The molecule has 0 fully saturated rings. The molecule has 7 heteroatoms. The van der Waals surface area contributed by atoms with E-state index in [2.05, 4.69) is 4.74 Å². The highest BCUT2D eigenvalue weighted by molar-refractivity contribution is 5.95. The van der Waals surface area contributed by atoms with Crippen LogP contribution < -0.4 is 10.5 Å². The third-order valence-electron chi connectivity index (χ3n) is 2.62. The van der Waals surface area contributed by atoms with Crippen molar-refractivity contribution in [2.24, 2.45) is 0 Å². The standard InChI is InChI=1S/C14H10F3NO3/c1-20-14(19)8-5-13(10(17)6-11(8)18)21-12-4-7(15)2-3-9(12)16/h2-6H,18H2,1H3. The molecular weight excluding hydrogens is 287 g/mol. The van der Waals surface area contributed by atoms with E-state index < -0.39 is 34.9 Å². The Morgan fingerprint density at radius 1 is 1.05 bits per heavy atom. The summed E-state index contributed by atoms with van der Waals surface area (Å²) in [4.78, 5) is 11.5. The molecule has 0 heterocycles. The van der Waals surface area contributed by atoms with Crippen molar-refractivity contribution in [1.29, 1.82) is 0 Å². The molecule has 110 valence electrons. The van der Waals surface area contributed by atoms with E-state index in [4.69, 9.17) is 10.5 Å². The van der Waals surface area contributed by atoms with Crippen molar-refractivity contribution in [1.82, 2.24) is 0 Å². The van der Waals surface area contributed by atoms with Crippen LogP contribution in [0.15, 0.2) is 30.3 Å². The van der Waals surface area contributed by atoms with Crippen molar-refractivity contribution in [3.63, 3.8) is 0 Å². The van der Waals surface area contributed by atoms with Crippen molar-refractivity contribution in [2.45, 2.75) is 0 Å². The number of carbonyl (C=O) groups is 1. The van der Waals surface area contributed by atoms with E-state index >= 15 is 0 Å². The SMILES string of the molecule is COC(=O)c1cc(Oc2cc(F)ccc2F)c(F)cc1N. The summed E-state index contributed by atoms with van der Waals surface area (Å²) in [5.41, 5.74) is 5.18. The molecule has 21 heavy (non-hydrogen) atoms. The lowest BCUT2D eigenvalue weighted by Gasteiger charge is -2.11. The summed E-state index contributed by atoms with van der Waals surface area (Å²) >= 11 is 0. The summed E-state index contributed by atoms with van der Waals surface area (Å²) in [5, 5.41) is 0. The Morgan fingerprint density at radius 2 is 1.71 bits per heavy atom. The van der Waals surface area contributed by atoms with Gasteiger partial charge in [-0.3, -0.25) is 0 Å². The van der Waals surface area contributed by atoms with E-state index in [0.717, 1.165) is 37.4 Å². The molecule has 0 unspecified atom stereocenters. The van der Waals surface area contributed by atoms with E-state index in [-0.39, 0.29) is 11.3 Å². The number of nitrogens with two attached hydrogens (primary N) is 1. The molecule has 2 aromatic carbocycles. The number of halogens is 3. The minimum Gasteiger partial charge on any atom is -0.465 e. The molecule has 0 aliphatic carbocycles. The highest BCUT2D eigenvalue weighted by Crippen LogP contribution is 2.30. The molecule has 0 aromatic heterocycles. The lowest BCUT2D eigenvalue weighted by Crippen LogP contribution is -2.07. The van der Waals surface area contributed by atoms with Gasteiger partial charge in [0.05, 0.1) is 12.7 Å². The Labute approximate surface area is 117 Å². The fourth-order valence-electron chi connectivity index (χ4n) is 1.61. The smallest absolute Gasteiger partial charge is 0.340 e. The number of carbonyl (C=O) groups excluding carboxylic acids is 1. The van der Waals surface area contributed by atoms with Gasteiger partial charge >= 0.3 is 5.97 Å². The Morgan fingerprint density at radius 3 is 2.38 bits per heavy atom. The van der Waals surface area contributed by atoms with Gasteiger partial charge in [-0.15, -0.1) is 0 Å². The third-order valence-corrected chi connectivity index (χ3v) is 2.62. The zero-order valence-electron chi connectivity index (χ0n) is 10.8. The van der Waals surface area contributed by atoms with Crippen LogP contribution in [0.1, 0.15) is 10.4 Å². The van der Waals surface area contributed by atoms with Gasteiger partial charge in [0.1, 0.15) is 5.82 Å². The van der Waals surface area contributed by atoms with Crippen LogP contribution in [-0.4, -0.2) is 13.1 Å². The van der Waals surface area contributed by atoms with Gasteiger partial charge in [0.15, 0.2) is 23.1 Å². The Bertz CT molecular complexity index is 704. The number of anilines is 1. The van der Waals surface area contributed by atoms with Crippen LogP contribution in [0.25, 0.3) is 0 Å². The summed E-state index contributed by atoms with van der Waals surface area (Å²) in [6.07, 6.45) is 0. The first-order valence-corrected chi connectivity index (χ1v) is 5.72. The number of methoxy groups -OCH3 is 1. The van der Waals surface area contributed by atoms with Gasteiger partial charge in [0, 0.05) is 23.9 Å². The molecule has 0 spiro atoms. The molecular formula is C14H10F3NO3. The topological polar surface area (TPSA) is 61.5 Å². The number of esters is 1. The average molecular weight is 297 g/mol. The van der Waals surface area contributed by atoms with Crippen molar-refractivity contribution in [2.75, 3.05) is 12.8 Å². The van der Waals surface area contributed by atoms with Gasteiger partial charge < -0.3 is 15.2 Å². The fraction of sp³-hybridized carbons (Fsp3) is 0.0714. The molecule has 0 amide bonds. The number of ether oxygens (including phenoxy) is 2. The number of hydrogen-bond acceptors (Lipinski definition) is 4. The molecule has 0 atom stereocenters. The molecule has 0 radical (unpaired) electrons. The van der Waals surface area contributed by atoms with Crippen LogP contribution in [0.4, 0.5) is 18.9 Å². The molecule has 0 saturated carbocycles. The third kappa shape index (κ3) is 3.07. The van der Waals surface area contributed by atoms with Crippen LogP contribution in [0, 0.1) is 17.5 Å². The average Bonchev–Trinajstić information content (AvgIpc) is 2.44. The van der Waals surface area contributed by atoms with E-state index in [1.165, 1.54) is 0 Å². The Kier molecular flexibility index (Phi) is 4.02. The zero-order chi connectivity index (χ0) is 15.6. The van der Waals surface area contributed by atoms with E-state index in [0.29, 0.717) is 0 Å². The number of benzene rings is 2. The summed E-state index contributed by atoms with van der Waals surface area (Å²) in [6.45, 7) is 0. The zero-order valence-corrected chi connectivity index (χ0v) is 10.8. The van der Waals surface area contributed by atoms with Crippen LogP contribution in [0.2, 0.25) is 0 Å². The highest BCUT2D eigenvalue weighted by atomic mass is 19.1. The predicted octanol–water partition coefficient (Wildman–Crippen LogP) is 3.27. The van der Waals surface area contributed by atoms with Crippen molar-refractivity contribution in [3.8, 4) is 11.5 Å². The maximum Gasteiger partial charge on any atom is 0.340 e. The summed E-state index contributed by atoms with van der Waals surface area (Å²) in [7, 11) is 1.12. The first-order chi connectivity index (χ1) is 9.92. The second kappa shape index (κ2) is 5.74. The van der Waals surface area contributed by atoms with Gasteiger partial charge in [-0.1, -0.05) is 0 Å². The molecule has 2 N–H and O–H groups in total. The van der Waals surface area contributed by atoms with Crippen LogP contribution >= 0.6 is 0 Å². The molecule has 0 aliphatic heterocycles. The minimum atomic E-state index is -0.927.